The smallest absolute Gasteiger partial charge is 0.433 e. The molecular formula is C12H9BrClNO4. The van der Waals surface area contributed by atoms with Crippen molar-refractivity contribution in [2.24, 2.45) is 0 Å². The van der Waals surface area contributed by atoms with Crippen molar-refractivity contribution in [2.75, 3.05) is 7.11 Å². The first-order chi connectivity index (χ1) is 9.02. The lowest BCUT2D eigenvalue weighted by Gasteiger charge is -2.10. The average Bonchev–Trinajstić information content (AvgIpc) is 2.87. The zero-order chi connectivity index (χ0) is 14.0. The third kappa shape index (κ3) is 2.90. The summed E-state index contributed by atoms with van der Waals surface area (Å²) in [6.45, 7) is 0. The van der Waals surface area contributed by atoms with E-state index >= 15 is 0 Å². The molecule has 0 saturated carbocycles. The molecule has 0 radical (unpaired) electrons. The van der Waals surface area contributed by atoms with Gasteiger partial charge in [-0.1, -0.05) is 33.6 Å². The van der Waals surface area contributed by atoms with Crippen molar-refractivity contribution in [2.45, 2.75) is 4.83 Å². The summed E-state index contributed by atoms with van der Waals surface area (Å²) in [6, 6.07) is 8.05. The molecule has 0 saturated heterocycles. The number of ether oxygens (including phenoxy) is 1. The molecule has 7 heteroatoms. The van der Waals surface area contributed by atoms with Crippen LogP contribution in [0.4, 0.5) is 5.88 Å². The van der Waals surface area contributed by atoms with Gasteiger partial charge >= 0.3 is 5.88 Å². The van der Waals surface area contributed by atoms with Crippen LogP contribution in [0, 0.1) is 10.1 Å². The molecule has 0 bridgehead atoms. The highest BCUT2D eigenvalue weighted by atomic mass is 79.9. The Morgan fingerprint density at radius 1 is 1.42 bits per heavy atom. The van der Waals surface area contributed by atoms with Crippen LogP contribution in [0.1, 0.15) is 16.2 Å². The van der Waals surface area contributed by atoms with Crippen LogP contribution in [0.25, 0.3) is 0 Å². The number of nitro groups is 1. The van der Waals surface area contributed by atoms with Crippen molar-refractivity contribution in [1.29, 1.82) is 0 Å². The van der Waals surface area contributed by atoms with Gasteiger partial charge in [-0.3, -0.25) is 10.1 Å². The molecule has 0 fully saturated rings. The van der Waals surface area contributed by atoms with Gasteiger partial charge in [-0.2, -0.15) is 0 Å². The summed E-state index contributed by atoms with van der Waals surface area (Å²) < 4.78 is 10.2. The van der Waals surface area contributed by atoms with E-state index in [9.17, 15) is 10.1 Å². The molecular weight excluding hydrogens is 337 g/mol. The monoisotopic (exact) mass is 345 g/mol. The van der Waals surface area contributed by atoms with Gasteiger partial charge in [-0.15, -0.1) is 0 Å². The lowest BCUT2D eigenvalue weighted by molar-refractivity contribution is -0.402. The molecule has 1 aromatic heterocycles. The van der Waals surface area contributed by atoms with Gasteiger partial charge in [0, 0.05) is 5.02 Å². The lowest BCUT2D eigenvalue weighted by Crippen LogP contribution is -1.93. The van der Waals surface area contributed by atoms with Gasteiger partial charge in [0.15, 0.2) is 0 Å². The van der Waals surface area contributed by atoms with Gasteiger partial charge in [-0.25, -0.2) is 0 Å². The Bertz CT molecular complexity index is 614. The largest absolute Gasteiger partial charge is 0.497 e. The Labute approximate surface area is 122 Å². The van der Waals surface area contributed by atoms with E-state index in [0.717, 1.165) is 5.56 Å². The summed E-state index contributed by atoms with van der Waals surface area (Å²) in [5, 5.41) is 11.1. The highest BCUT2D eigenvalue weighted by Gasteiger charge is 2.21. The number of nitrogens with zero attached hydrogens (tertiary/aromatic N) is 1. The van der Waals surface area contributed by atoms with Gasteiger partial charge in [0.2, 0.25) is 0 Å². The maximum atomic E-state index is 10.6. The van der Waals surface area contributed by atoms with Crippen molar-refractivity contribution in [1.82, 2.24) is 0 Å². The second-order valence-electron chi connectivity index (χ2n) is 3.68. The third-order valence-corrected chi connectivity index (χ3v) is 3.79. The van der Waals surface area contributed by atoms with Crippen LogP contribution in [0.5, 0.6) is 5.75 Å². The average molecular weight is 347 g/mol. The molecule has 0 aliphatic rings. The Hall–Kier alpha value is -1.53. The number of hydrogen-bond donors (Lipinski definition) is 0. The van der Waals surface area contributed by atoms with E-state index in [2.05, 4.69) is 15.9 Å². The van der Waals surface area contributed by atoms with Crippen molar-refractivity contribution in [3.8, 4) is 5.75 Å². The Morgan fingerprint density at radius 2 is 2.16 bits per heavy atom. The first kappa shape index (κ1) is 13.9. The maximum absolute atomic E-state index is 10.6. The normalized spacial score (nSPS) is 12.2. The molecule has 2 aromatic rings. The number of halogens is 2. The van der Waals surface area contributed by atoms with Gasteiger partial charge in [0.05, 0.1) is 18.0 Å². The van der Waals surface area contributed by atoms with E-state index in [-0.39, 0.29) is 10.7 Å². The van der Waals surface area contributed by atoms with E-state index < -0.39 is 4.92 Å². The summed E-state index contributed by atoms with van der Waals surface area (Å²) in [4.78, 5) is 9.63. The minimum Gasteiger partial charge on any atom is -0.497 e. The number of benzene rings is 1. The standard InChI is InChI=1S/C12H9BrClNO4/c1-18-7-2-3-8(9(14)6-7)12(13)10-4-5-11(19-10)15(16)17/h2-6,12H,1H3. The summed E-state index contributed by atoms with van der Waals surface area (Å²) in [5.74, 6) is 0.752. The molecule has 0 spiro atoms. The van der Waals surface area contributed by atoms with Crippen molar-refractivity contribution < 1.29 is 14.1 Å². The molecule has 19 heavy (non-hydrogen) atoms. The summed E-state index contributed by atoms with van der Waals surface area (Å²) in [5.41, 5.74) is 0.742. The van der Waals surface area contributed by atoms with E-state index in [1.807, 2.05) is 0 Å². The van der Waals surface area contributed by atoms with E-state index in [4.69, 9.17) is 20.8 Å². The molecule has 1 atom stereocenters. The molecule has 0 N–H and O–H groups in total. The van der Waals surface area contributed by atoms with Crippen LogP contribution in [0.2, 0.25) is 5.02 Å². The Balaban J connectivity index is 2.32. The zero-order valence-electron chi connectivity index (χ0n) is 9.80. The van der Waals surface area contributed by atoms with Gasteiger partial charge in [0.1, 0.15) is 16.4 Å². The van der Waals surface area contributed by atoms with E-state index in [1.165, 1.54) is 12.1 Å². The van der Waals surface area contributed by atoms with Crippen molar-refractivity contribution in [3.05, 3.63) is 56.8 Å². The second kappa shape index (κ2) is 5.63. The molecule has 1 heterocycles. The SMILES string of the molecule is COc1ccc(C(Br)c2ccc([N+](=O)[O-])o2)c(Cl)c1. The van der Waals surface area contributed by atoms with Crippen LogP contribution >= 0.6 is 27.5 Å². The van der Waals surface area contributed by atoms with Crippen LogP contribution in [-0.2, 0) is 0 Å². The fourth-order valence-electron chi connectivity index (χ4n) is 1.57. The fraction of sp³-hybridized carbons (Fsp3) is 0.167. The molecule has 1 aromatic carbocycles. The molecule has 100 valence electrons. The van der Waals surface area contributed by atoms with Crippen LogP contribution in [-0.4, -0.2) is 12.0 Å². The third-order valence-electron chi connectivity index (χ3n) is 2.52. The highest BCUT2D eigenvalue weighted by Crippen LogP contribution is 2.38. The fourth-order valence-corrected chi connectivity index (χ4v) is 2.63. The van der Waals surface area contributed by atoms with Crippen LogP contribution in [0.15, 0.2) is 34.7 Å². The van der Waals surface area contributed by atoms with Crippen LogP contribution in [0.3, 0.4) is 0 Å². The van der Waals surface area contributed by atoms with Gasteiger partial charge in [0.25, 0.3) is 0 Å². The van der Waals surface area contributed by atoms with Gasteiger partial charge < -0.3 is 9.15 Å². The maximum Gasteiger partial charge on any atom is 0.433 e. The lowest BCUT2D eigenvalue weighted by atomic mass is 10.1. The minimum absolute atomic E-state index is 0.302. The first-order valence-corrected chi connectivity index (χ1v) is 6.54. The molecule has 5 nitrogen and oxygen atoms in total. The molecule has 2 rings (SSSR count). The minimum atomic E-state index is -0.584. The number of rotatable bonds is 4. The molecule has 1 unspecified atom stereocenters. The van der Waals surface area contributed by atoms with Crippen molar-refractivity contribution >= 4 is 33.4 Å². The molecule has 0 aliphatic heterocycles. The number of methoxy groups -OCH3 is 1. The number of furan rings is 1. The predicted octanol–water partition coefficient (Wildman–Crippen LogP) is 4.33. The summed E-state index contributed by atoms with van der Waals surface area (Å²) in [7, 11) is 1.55. The first-order valence-electron chi connectivity index (χ1n) is 5.24. The second-order valence-corrected chi connectivity index (χ2v) is 5.01. The quantitative estimate of drug-likeness (QED) is 0.469. The Kier molecular flexibility index (Phi) is 4.11. The topological polar surface area (TPSA) is 65.5 Å². The Morgan fingerprint density at radius 3 is 2.68 bits per heavy atom. The predicted molar refractivity (Wildman–Crippen MR) is 74.1 cm³/mol. The van der Waals surface area contributed by atoms with E-state index in [1.54, 1.807) is 25.3 Å². The summed E-state index contributed by atoms with van der Waals surface area (Å²) >= 11 is 9.55. The van der Waals surface area contributed by atoms with E-state index in [0.29, 0.717) is 16.5 Å². The van der Waals surface area contributed by atoms with Crippen LogP contribution < -0.4 is 4.74 Å². The highest BCUT2D eigenvalue weighted by molar-refractivity contribution is 9.09. The molecule has 0 aliphatic carbocycles. The van der Waals surface area contributed by atoms with Crippen molar-refractivity contribution in [3.63, 3.8) is 0 Å². The summed E-state index contributed by atoms with van der Waals surface area (Å²) in [6.07, 6.45) is 0. The van der Waals surface area contributed by atoms with Gasteiger partial charge in [-0.05, 0) is 23.8 Å². The number of alkyl halides is 1. The molecule has 0 amide bonds. The zero-order valence-corrected chi connectivity index (χ0v) is 12.1. The number of hydrogen-bond acceptors (Lipinski definition) is 4.